The molecule has 106 valence electrons. The average molecular weight is 309 g/mol. The van der Waals surface area contributed by atoms with Crippen molar-refractivity contribution in [3.8, 4) is 11.6 Å². The first-order valence-electron chi connectivity index (χ1n) is 6.26. The highest BCUT2D eigenvalue weighted by Crippen LogP contribution is 2.32. The van der Waals surface area contributed by atoms with Crippen molar-refractivity contribution in [1.82, 2.24) is 9.97 Å². The first-order chi connectivity index (χ1) is 9.40. The number of nitrogens with zero attached hydrogens (tertiary/aromatic N) is 2. The maximum atomic E-state index is 6.06. The number of hydrogen-bond donors (Lipinski definition) is 0. The van der Waals surface area contributed by atoms with E-state index in [4.69, 9.17) is 16.3 Å². The van der Waals surface area contributed by atoms with Crippen LogP contribution in [0.4, 0.5) is 0 Å². The van der Waals surface area contributed by atoms with Crippen LogP contribution in [0.5, 0.6) is 11.6 Å². The number of para-hydroxylation sites is 1. The van der Waals surface area contributed by atoms with Crippen molar-refractivity contribution in [1.29, 1.82) is 0 Å². The van der Waals surface area contributed by atoms with Gasteiger partial charge in [-0.1, -0.05) is 44.5 Å². The Hall–Kier alpha value is -1.26. The molecule has 0 aliphatic rings. The summed E-state index contributed by atoms with van der Waals surface area (Å²) in [4.78, 5) is 9.76. The molecule has 0 aliphatic heterocycles. The number of hydrogen-bond acceptors (Lipinski definition) is 4. The zero-order chi connectivity index (χ0) is 14.8. The van der Waals surface area contributed by atoms with Gasteiger partial charge in [-0.3, -0.25) is 0 Å². The second kappa shape index (κ2) is 6.02. The van der Waals surface area contributed by atoms with Gasteiger partial charge >= 0.3 is 0 Å². The maximum Gasteiger partial charge on any atom is 0.224 e. The molecule has 1 aromatic carbocycles. The van der Waals surface area contributed by atoms with Crippen LogP contribution in [0.25, 0.3) is 0 Å². The lowest BCUT2D eigenvalue weighted by molar-refractivity contribution is 0.437. The lowest BCUT2D eigenvalue weighted by atomic mass is 9.96. The van der Waals surface area contributed by atoms with Gasteiger partial charge in [0.15, 0.2) is 0 Å². The van der Waals surface area contributed by atoms with Gasteiger partial charge in [0.05, 0.1) is 0 Å². The van der Waals surface area contributed by atoms with Crippen molar-refractivity contribution in [2.75, 3.05) is 6.26 Å². The summed E-state index contributed by atoms with van der Waals surface area (Å²) < 4.78 is 5.86. The largest absolute Gasteiger partial charge is 0.438 e. The molecule has 0 saturated carbocycles. The Morgan fingerprint density at radius 1 is 1.15 bits per heavy atom. The minimum Gasteiger partial charge on any atom is -0.438 e. The molecular weight excluding hydrogens is 292 g/mol. The Morgan fingerprint density at radius 2 is 1.85 bits per heavy atom. The third kappa shape index (κ3) is 3.64. The number of thioether (sulfide) groups is 1. The SMILES string of the molecule is CSc1ccccc1Oc1cc(Cl)nc(C(C)(C)C)n1. The lowest BCUT2D eigenvalue weighted by Crippen LogP contribution is -2.16. The maximum absolute atomic E-state index is 6.06. The van der Waals surface area contributed by atoms with Crippen LogP contribution in [0.2, 0.25) is 5.15 Å². The molecule has 20 heavy (non-hydrogen) atoms. The van der Waals surface area contributed by atoms with Crippen LogP contribution < -0.4 is 4.74 Å². The third-order valence-electron chi connectivity index (χ3n) is 2.63. The van der Waals surface area contributed by atoms with Crippen LogP contribution in [0.15, 0.2) is 35.2 Å². The van der Waals surface area contributed by atoms with Crippen LogP contribution in [-0.4, -0.2) is 16.2 Å². The van der Waals surface area contributed by atoms with E-state index in [1.807, 2.05) is 51.3 Å². The minimum atomic E-state index is -0.179. The molecule has 5 heteroatoms. The first-order valence-corrected chi connectivity index (χ1v) is 7.86. The Labute approximate surface area is 128 Å². The zero-order valence-electron chi connectivity index (χ0n) is 12.0. The molecule has 1 aromatic heterocycles. The Morgan fingerprint density at radius 3 is 2.50 bits per heavy atom. The normalized spacial score (nSPS) is 11.4. The third-order valence-corrected chi connectivity index (χ3v) is 3.60. The average Bonchev–Trinajstić information content (AvgIpc) is 2.37. The van der Waals surface area contributed by atoms with Gasteiger partial charge < -0.3 is 4.74 Å². The van der Waals surface area contributed by atoms with Crippen LogP contribution >= 0.6 is 23.4 Å². The predicted molar refractivity (Wildman–Crippen MR) is 84.0 cm³/mol. The smallest absolute Gasteiger partial charge is 0.224 e. The molecule has 0 spiro atoms. The number of aromatic nitrogens is 2. The lowest BCUT2D eigenvalue weighted by Gasteiger charge is -2.17. The van der Waals surface area contributed by atoms with E-state index in [0.29, 0.717) is 16.9 Å². The van der Waals surface area contributed by atoms with Crippen LogP contribution in [0, 0.1) is 0 Å². The van der Waals surface area contributed by atoms with Gasteiger partial charge in [0.1, 0.15) is 16.7 Å². The summed E-state index contributed by atoms with van der Waals surface area (Å²) >= 11 is 7.69. The Bertz CT molecular complexity index is 611. The molecule has 2 rings (SSSR count). The number of halogens is 1. The molecule has 1 heterocycles. The standard InChI is InChI=1S/C15H17ClN2OS/c1-15(2,3)14-17-12(16)9-13(18-14)19-10-7-5-6-8-11(10)20-4/h5-9H,1-4H3. The van der Waals surface area contributed by atoms with Crippen molar-refractivity contribution in [2.24, 2.45) is 0 Å². The first kappa shape index (κ1) is 15.1. The van der Waals surface area contributed by atoms with Gasteiger partial charge in [-0.05, 0) is 18.4 Å². The summed E-state index contributed by atoms with van der Waals surface area (Å²) in [5, 5.41) is 0.390. The Kier molecular flexibility index (Phi) is 4.55. The predicted octanol–water partition coefficient (Wildman–Crippen LogP) is 4.94. The van der Waals surface area contributed by atoms with Crippen molar-refractivity contribution >= 4 is 23.4 Å². The molecule has 3 nitrogen and oxygen atoms in total. The van der Waals surface area contributed by atoms with Gasteiger partial charge in [-0.25, -0.2) is 4.98 Å². The summed E-state index contributed by atoms with van der Waals surface area (Å²) in [6.07, 6.45) is 2.01. The molecule has 0 radical (unpaired) electrons. The quantitative estimate of drug-likeness (QED) is 0.594. The molecular formula is C15H17ClN2OS. The summed E-state index contributed by atoms with van der Waals surface area (Å²) in [7, 11) is 0. The van der Waals surface area contributed by atoms with E-state index in [1.165, 1.54) is 0 Å². The van der Waals surface area contributed by atoms with Crippen molar-refractivity contribution < 1.29 is 4.74 Å². The van der Waals surface area contributed by atoms with E-state index in [0.717, 1.165) is 10.6 Å². The van der Waals surface area contributed by atoms with E-state index in [9.17, 15) is 0 Å². The molecule has 2 aromatic rings. The summed E-state index contributed by atoms with van der Waals surface area (Å²) in [6, 6.07) is 9.47. The highest BCUT2D eigenvalue weighted by Gasteiger charge is 2.19. The zero-order valence-corrected chi connectivity index (χ0v) is 13.5. The summed E-state index contributed by atoms with van der Waals surface area (Å²) in [5.74, 6) is 1.91. The number of benzene rings is 1. The molecule has 0 unspecified atom stereocenters. The molecule has 0 amide bonds. The molecule has 0 N–H and O–H groups in total. The summed E-state index contributed by atoms with van der Waals surface area (Å²) in [5.41, 5.74) is -0.179. The minimum absolute atomic E-state index is 0.179. The van der Waals surface area contributed by atoms with E-state index >= 15 is 0 Å². The van der Waals surface area contributed by atoms with Gasteiger partial charge in [0.2, 0.25) is 5.88 Å². The van der Waals surface area contributed by atoms with E-state index in [2.05, 4.69) is 9.97 Å². The second-order valence-corrected chi connectivity index (χ2v) is 6.59. The topological polar surface area (TPSA) is 35.0 Å². The molecule has 0 saturated heterocycles. The molecule has 0 atom stereocenters. The number of ether oxygens (including phenoxy) is 1. The van der Waals surface area contributed by atoms with Crippen LogP contribution in [0.3, 0.4) is 0 Å². The molecule has 0 aliphatic carbocycles. The van der Waals surface area contributed by atoms with Gasteiger partial charge in [-0.2, -0.15) is 4.98 Å². The highest BCUT2D eigenvalue weighted by atomic mass is 35.5. The van der Waals surface area contributed by atoms with Crippen LogP contribution in [-0.2, 0) is 5.41 Å². The van der Waals surface area contributed by atoms with Gasteiger partial charge in [0, 0.05) is 16.4 Å². The van der Waals surface area contributed by atoms with Crippen molar-refractivity contribution in [2.45, 2.75) is 31.1 Å². The van der Waals surface area contributed by atoms with E-state index in [1.54, 1.807) is 17.8 Å². The highest BCUT2D eigenvalue weighted by molar-refractivity contribution is 7.98. The van der Waals surface area contributed by atoms with Crippen molar-refractivity contribution in [3.05, 3.63) is 41.3 Å². The fourth-order valence-electron chi connectivity index (χ4n) is 1.60. The van der Waals surface area contributed by atoms with Crippen molar-refractivity contribution in [3.63, 3.8) is 0 Å². The molecule has 0 fully saturated rings. The molecule has 0 bridgehead atoms. The van der Waals surface area contributed by atoms with Gasteiger partial charge in [-0.15, -0.1) is 11.8 Å². The monoisotopic (exact) mass is 308 g/mol. The van der Waals surface area contributed by atoms with E-state index < -0.39 is 0 Å². The second-order valence-electron chi connectivity index (χ2n) is 5.36. The Balaban J connectivity index is 2.36. The number of rotatable bonds is 3. The van der Waals surface area contributed by atoms with Crippen LogP contribution in [0.1, 0.15) is 26.6 Å². The fraction of sp³-hybridized carbons (Fsp3) is 0.333. The van der Waals surface area contributed by atoms with E-state index in [-0.39, 0.29) is 5.41 Å². The fourth-order valence-corrected chi connectivity index (χ4v) is 2.30. The van der Waals surface area contributed by atoms with Gasteiger partial charge in [0.25, 0.3) is 0 Å². The summed E-state index contributed by atoms with van der Waals surface area (Å²) in [6.45, 7) is 6.12.